The monoisotopic (exact) mass is 855 g/mol. The number of guanidine groups is 1. The summed E-state index contributed by atoms with van der Waals surface area (Å²) in [6, 6.07) is -0.274. The van der Waals surface area contributed by atoms with Crippen LogP contribution in [0.25, 0.3) is 10.9 Å². The van der Waals surface area contributed by atoms with Gasteiger partial charge in [0.2, 0.25) is 35.4 Å². The van der Waals surface area contributed by atoms with Crippen molar-refractivity contribution in [1.82, 2.24) is 36.5 Å². The van der Waals surface area contributed by atoms with Crippen molar-refractivity contribution in [1.29, 1.82) is 0 Å². The highest BCUT2D eigenvalue weighted by Crippen LogP contribution is 2.22. The van der Waals surface area contributed by atoms with E-state index >= 15 is 0 Å². The van der Waals surface area contributed by atoms with Gasteiger partial charge in [0.05, 0.1) is 13.0 Å². The normalized spacial score (nSPS) is 16.6. The maximum atomic E-state index is 14.3. The molecule has 1 aliphatic heterocycles. The number of aromatic amines is 1. The SMILES string of the molecule is CC[C@H](C)[C@H](NC(=O)CN)C(=O)N[C@@H](Cc1c[nH]c2ccccc12)C(=O)N[C@@H](CC(C)C)C(=O)N[C@@H](CCCN=C(N)N)C(=O)N1CCC[C@H]1C(=O)N[C@@H](CC(=O)O)C(=O)O. The quantitative estimate of drug-likeness (QED) is 0.0336. The number of hydrogen-bond donors (Lipinski definition) is 11. The molecular weight excluding hydrogens is 795 g/mol. The van der Waals surface area contributed by atoms with Gasteiger partial charge in [0, 0.05) is 36.6 Å². The number of para-hydroxylation sites is 1. The Labute approximate surface area is 353 Å². The number of carboxylic acids is 2. The molecule has 0 aliphatic carbocycles. The predicted octanol–water partition coefficient (Wildman–Crippen LogP) is -1.21. The first-order chi connectivity index (χ1) is 28.9. The lowest BCUT2D eigenvalue weighted by Crippen LogP contribution is -2.60. The van der Waals surface area contributed by atoms with E-state index in [1.54, 1.807) is 13.1 Å². The summed E-state index contributed by atoms with van der Waals surface area (Å²) in [5.41, 5.74) is 18.0. The highest BCUT2D eigenvalue weighted by atomic mass is 16.4. The molecule has 2 heterocycles. The van der Waals surface area contributed by atoms with Crippen LogP contribution in [0.1, 0.15) is 78.2 Å². The average molecular weight is 856 g/mol. The van der Waals surface area contributed by atoms with E-state index in [1.807, 2.05) is 45.0 Å². The molecule has 14 N–H and O–H groups in total. The Morgan fingerprint density at radius 2 is 1.54 bits per heavy atom. The number of carboxylic acid groups (broad SMARTS) is 2. The zero-order chi connectivity index (χ0) is 45.4. The number of aliphatic imine (C=N–C) groups is 1. The van der Waals surface area contributed by atoms with Crippen molar-refractivity contribution in [3.8, 4) is 0 Å². The number of aromatic nitrogens is 1. The summed E-state index contributed by atoms with van der Waals surface area (Å²) in [4.78, 5) is 113. The minimum Gasteiger partial charge on any atom is -0.481 e. The lowest BCUT2D eigenvalue weighted by Gasteiger charge is -2.31. The van der Waals surface area contributed by atoms with Crippen molar-refractivity contribution >= 4 is 64.2 Å². The fourth-order valence-electron chi connectivity index (χ4n) is 7.08. The summed E-state index contributed by atoms with van der Waals surface area (Å²) < 4.78 is 0. The molecule has 0 bridgehead atoms. The summed E-state index contributed by atoms with van der Waals surface area (Å²) in [6.07, 6.45) is 2.16. The third kappa shape index (κ3) is 14.8. The van der Waals surface area contributed by atoms with Gasteiger partial charge in [0.15, 0.2) is 5.96 Å². The van der Waals surface area contributed by atoms with Gasteiger partial charge in [-0.25, -0.2) is 4.79 Å². The lowest BCUT2D eigenvalue weighted by atomic mass is 9.96. The molecule has 1 aromatic carbocycles. The molecule has 21 nitrogen and oxygen atoms in total. The van der Waals surface area contributed by atoms with Gasteiger partial charge in [-0.15, -0.1) is 0 Å². The Kier molecular flexibility index (Phi) is 18.9. The molecular formula is C40H61N11O10. The van der Waals surface area contributed by atoms with E-state index in [0.717, 1.165) is 10.9 Å². The number of fused-ring (bicyclic) bond motifs is 1. The number of H-pyrrole nitrogens is 1. The summed E-state index contributed by atoms with van der Waals surface area (Å²) in [6.45, 7) is 7.09. The van der Waals surface area contributed by atoms with Crippen LogP contribution in [0.4, 0.5) is 0 Å². The fourth-order valence-corrected chi connectivity index (χ4v) is 7.08. The predicted molar refractivity (Wildman–Crippen MR) is 224 cm³/mol. The molecule has 0 unspecified atom stereocenters. The molecule has 2 aromatic rings. The van der Waals surface area contributed by atoms with Crippen molar-refractivity contribution in [2.45, 2.75) is 115 Å². The van der Waals surface area contributed by atoms with Gasteiger partial charge in [-0.05, 0) is 55.6 Å². The van der Waals surface area contributed by atoms with Crippen LogP contribution in [0.5, 0.6) is 0 Å². The lowest BCUT2D eigenvalue weighted by molar-refractivity contribution is -0.148. The van der Waals surface area contributed by atoms with E-state index in [9.17, 15) is 43.5 Å². The molecule has 1 saturated heterocycles. The topological polar surface area (TPSA) is 347 Å². The van der Waals surface area contributed by atoms with Crippen LogP contribution in [-0.2, 0) is 44.8 Å². The maximum Gasteiger partial charge on any atom is 0.326 e. The van der Waals surface area contributed by atoms with Gasteiger partial charge < -0.3 is 63.9 Å². The number of carbonyl (C=O) groups excluding carboxylic acids is 6. The van der Waals surface area contributed by atoms with E-state index in [1.165, 1.54) is 4.90 Å². The second kappa shape index (κ2) is 23.5. The second-order valence-corrected chi connectivity index (χ2v) is 15.6. The van der Waals surface area contributed by atoms with Gasteiger partial charge in [-0.3, -0.25) is 38.6 Å². The van der Waals surface area contributed by atoms with Crippen LogP contribution in [0.3, 0.4) is 0 Å². The number of nitrogens with one attached hydrogen (secondary N) is 6. The van der Waals surface area contributed by atoms with Crippen molar-refractivity contribution in [2.75, 3.05) is 19.6 Å². The highest BCUT2D eigenvalue weighted by Gasteiger charge is 2.40. The Balaban J connectivity index is 1.94. The number of hydrogen-bond acceptors (Lipinski definition) is 10. The molecule has 1 aliphatic rings. The van der Waals surface area contributed by atoms with Gasteiger partial charge >= 0.3 is 11.9 Å². The van der Waals surface area contributed by atoms with Crippen LogP contribution < -0.4 is 43.8 Å². The second-order valence-electron chi connectivity index (χ2n) is 15.6. The smallest absolute Gasteiger partial charge is 0.326 e. The van der Waals surface area contributed by atoms with Crippen molar-refractivity contribution in [3.63, 3.8) is 0 Å². The Hall–Kier alpha value is -6.25. The number of carbonyl (C=O) groups is 8. The Bertz CT molecular complexity index is 1910. The third-order valence-electron chi connectivity index (χ3n) is 10.5. The first-order valence-electron chi connectivity index (χ1n) is 20.4. The number of nitrogens with two attached hydrogens (primary N) is 3. The van der Waals surface area contributed by atoms with E-state index in [0.29, 0.717) is 18.4 Å². The minimum atomic E-state index is -1.74. The van der Waals surface area contributed by atoms with Crippen LogP contribution in [0, 0.1) is 11.8 Å². The molecule has 0 radical (unpaired) electrons. The first kappa shape index (κ1) is 49.1. The van der Waals surface area contributed by atoms with Crippen LogP contribution >= 0.6 is 0 Å². The largest absolute Gasteiger partial charge is 0.481 e. The molecule has 0 saturated carbocycles. The highest BCUT2D eigenvalue weighted by molar-refractivity contribution is 5.98. The molecule has 3 rings (SSSR count). The van der Waals surface area contributed by atoms with E-state index in [-0.39, 0.29) is 69.5 Å². The molecule has 61 heavy (non-hydrogen) atoms. The fraction of sp³-hybridized carbons (Fsp3) is 0.575. The summed E-state index contributed by atoms with van der Waals surface area (Å²) >= 11 is 0. The molecule has 6 amide bonds. The number of aliphatic carboxylic acids is 2. The van der Waals surface area contributed by atoms with E-state index in [4.69, 9.17) is 22.3 Å². The molecule has 7 atom stereocenters. The van der Waals surface area contributed by atoms with Crippen LogP contribution in [0.2, 0.25) is 0 Å². The maximum absolute atomic E-state index is 14.3. The summed E-state index contributed by atoms with van der Waals surface area (Å²) in [5.74, 6) is -7.87. The molecule has 1 aromatic heterocycles. The number of rotatable bonds is 24. The van der Waals surface area contributed by atoms with Crippen LogP contribution in [0.15, 0.2) is 35.5 Å². The summed E-state index contributed by atoms with van der Waals surface area (Å²) in [5, 5.41) is 32.6. The first-order valence-corrected chi connectivity index (χ1v) is 20.4. The van der Waals surface area contributed by atoms with Crippen LogP contribution in [-0.4, -0.2) is 129 Å². The standard InChI is InChI=1S/C40H61N11O10/c1-5-22(4)33(50-31(52)19-41)37(58)48-28(17-23-20-45-25-11-7-6-10-24(23)25)35(56)47-27(16-21(2)3)34(55)46-26(12-8-14-44-40(42)43)38(59)51-15-9-13-30(51)36(57)49-29(39(60)61)18-32(53)54/h6-7,10-11,20-22,26-30,33,45H,5,8-9,12-19,41H2,1-4H3,(H,46,55)(H,47,56)(H,48,58)(H,49,57)(H,50,52)(H,53,54)(H,60,61)(H4,42,43,44)/t22-,26-,27-,28-,29-,30-,33-/m0/s1. The van der Waals surface area contributed by atoms with Gasteiger partial charge in [0.1, 0.15) is 36.3 Å². The van der Waals surface area contributed by atoms with E-state index in [2.05, 4.69) is 36.6 Å². The number of benzene rings is 1. The number of amides is 6. The molecule has 1 fully saturated rings. The molecule has 336 valence electrons. The Morgan fingerprint density at radius 3 is 2.16 bits per heavy atom. The zero-order valence-corrected chi connectivity index (χ0v) is 35.1. The van der Waals surface area contributed by atoms with Gasteiger partial charge in [0.25, 0.3) is 0 Å². The average Bonchev–Trinajstić information content (AvgIpc) is 3.87. The Morgan fingerprint density at radius 1 is 0.885 bits per heavy atom. The molecule has 21 heteroatoms. The minimum absolute atomic E-state index is 0.00390. The third-order valence-corrected chi connectivity index (χ3v) is 10.5. The number of likely N-dealkylation sites (tertiary alicyclic amines) is 1. The van der Waals surface area contributed by atoms with Crippen molar-refractivity contribution < 1.29 is 48.6 Å². The molecule has 0 spiro atoms. The summed E-state index contributed by atoms with van der Waals surface area (Å²) in [7, 11) is 0. The van der Waals surface area contributed by atoms with E-state index < -0.39 is 90.1 Å². The van der Waals surface area contributed by atoms with Crippen molar-refractivity contribution in [2.24, 2.45) is 34.0 Å². The van der Waals surface area contributed by atoms with Gasteiger partial charge in [-0.2, -0.15) is 0 Å². The van der Waals surface area contributed by atoms with Crippen molar-refractivity contribution in [3.05, 3.63) is 36.0 Å². The van der Waals surface area contributed by atoms with Gasteiger partial charge in [-0.1, -0.05) is 52.3 Å². The zero-order valence-electron chi connectivity index (χ0n) is 35.1. The number of nitrogens with zero attached hydrogens (tertiary/aromatic N) is 2.